The Morgan fingerprint density at radius 2 is 1.83 bits per heavy atom. The predicted molar refractivity (Wildman–Crippen MR) is 120 cm³/mol. The number of nitrogen functional groups attached to an aromatic ring is 1. The lowest BCUT2D eigenvalue weighted by molar-refractivity contribution is 0.0982. The van der Waals surface area contributed by atoms with Gasteiger partial charge in [0.25, 0.3) is 0 Å². The lowest BCUT2D eigenvalue weighted by atomic mass is 10.0. The molecule has 0 aliphatic rings. The number of carbonyl (C=O) groups excluding carboxylic acids is 1. The van der Waals surface area contributed by atoms with Crippen LogP contribution >= 0.6 is 35.0 Å². The molecule has 0 amide bonds. The van der Waals surface area contributed by atoms with Gasteiger partial charge in [0, 0.05) is 39.5 Å². The standard InChI is InChI=1S/C22H20Cl2N2O2S/c1-13-4-2-5-17(23)15(13)8-9-19(27)14-10-21(22(25)26-11-14)29-12-16-18(24)6-3-7-20(16)28/h2-7,10-11,28H,8-9,12H2,1H3,(H2,25,26). The number of aromatic hydroxyl groups is 1. The van der Waals surface area contributed by atoms with Crippen molar-refractivity contribution in [3.8, 4) is 5.75 Å². The molecule has 29 heavy (non-hydrogen) atoms. The highest BCUT2D eigenvalue weighted by Crippen LogP contribution is 2.34. The average molecular weight is 447 g/mol. The normalized spacial score (nSPS) is 10.9. The van der Waals surface area contributed by atoms with E-state index in [0.717, 1.165) is 11.1 Å². The summed E-state index contributed by atoms with van der Waals surface area (Å²) in [4.78, 5) is 17.5. The number of pyridine rings is 1. The molecule has 4 nitrogen and oxygen atoms in total. The maximum atomic E-state index is 12.7. The maximum absolute atomic E-state index is 12.7. The van der Waals surface area contributed by atoms with Crippen LogP contribution in [0.25, 0.3) is 0 Å². The summed E-state index contributed by atoms with van der Waals surface area (Å²) in [7, 11) is 0. The first-order valence-corrected chi connectivity index (χ1v) is 10.7. The predicted octanol–water partition coefficient (Wildman–Crippen LogP) is 6.09. The smallest absolute Gasteiger partial charge is 0.164 e. The number of halogens is 2. The summed E-state index contributed by atoms with van der Waals surface area (Å²) in [6.45, 7) is 1.98. The van der Waals surface area contributed by atoms with Gasteiger partial charge in [-0.05, 0) is 48.7 Å². The van der Waals surface area contributed by atoms with Crippen molar-refractivity contribution in [3.05, 3.63) is 81.0 Å². The van der Waals surface area contributed by atoms with Crippen molar-refractivity contribution in [2.45, 2.75) is 30.4 Å². The molecule has 3 N–H and O–H groups in total. The van der Waals surface area contributed by atoms with Crippen molar-refractivity contribution < 1.29 is 9.90 Å². The number of phenols is 1. The molecule has 0 bridgehead atoms. The molecule has 3 rings (SSSR count). The Morgan fingerprint density at radius 1 is 1.14 bits per heavy atom. The van der Waals surface area contributed by atoms with Gasteiger partial charge in [0.2, 0.25) is 0 Å². The van der Waals surface area contributed by atoms with Crippen LogP contribution in [-0.2, 0) is 12.2 Å². The second kappa shape index (κ2) is 9.53. The van der Waals surface area contributed by atoms with Gasteiger partial charge in [-0.15, -0.1) is 11.8 Å². The van der Waals surface area contributed by atoms with Gasteiger partial charge in [-0.3, -0.25) is 4.79 Å². The molecule has 0 atom stereocenters. The Kier molecular flexibility index (Phi) is 7.06. The van der Waals surface area contributed by atoms with Gasteiger partial charge >= 0.3 is 0 Å². The highest BCUT2D eigenvalue weighted by molar-refractivity contribution is 7.98. The number of anilines is 1. The quantitative estimate of drug-likeness (QED) is 0.339. The second-order valence-electron chi connectivity index (χ2n) is 6.59. The second-order valence-corrected chi connectivity index (χ2v) is 8.42. The number of aryl methyl sites for hydroxylation is 1. The monoisotopic (exact) mass is 446 g/mol. The van der Waals surface area contributed by atoms with E-state index in [-0.39, 0.29) is 11.5 Å². The summed E-state index contributed by atoms with van der Waals surface area (Å²) in [5, 5.41) is 11.1. The largest absolute Gasteiger partial charge is 0.508 e. The molecule has 0 saturated heterocycles. The number of carbonyl (C=O) groups is 1. The van der Waals surface area contributed by atoms with Crippen molar-refractivity contribution in [2.24, 2.45) is 0 Å². The first-order chi connectivity index (χ1) is 13.9. The first kappa shape index (κ1) is 21.5. The Hall–Kier alpha value is -2.21. The average Bonchev–Trinajstić information content (AvgIpc) is 2.68. The number of benzene rings is 2. The number of ketones is 1. The molecule has 0 aliphatic carbocycles. The summed E-state index contributed by atoms with van der Waals surface area (Å²) in [5.41, 5.74) is 9.14. The van der Waals surface area contributed by atoms with Crippen molar-refractivity contribution in [3.63, 3.8) is 0 Å². The third kappa shape index (κ3) is 5.24. The zero-order valence-corrected chi connectivity index (χ0v) is 18.1. The van der Waals surface area contributed by atoms with Crippen LogP contribution < -0.4 is 5.73 Å². The van der Waals surface area contributed by atoms with Gasteiger partial charge in [-0.25, -0.2) is 4.98 Å². The number of phenolic OH excluding ortho intramolecular Hbond substituents is 1. The molecular weight excluding hydrogens is 427 g/mol. The van der Waals surface area contributed by atoms with E-state index >= 15 is 0 Å². The summed E-state index contributed by atoms with van der Waals surface area (Å²) >= 11 is 13.8. The molecule has 2 aromatic carbocycles. The van der Waals surface area contributed by atoms with Crippen LogP contribution in [0.2, 0.25) is 10.0 Å². The molecule has 1 heterocycles. The van der Waals surface area contributed by atoms with Gasteiger partial charge in [-0.2, -0.15) is 0 Å². The molecule has 0 fully saturated rings. The van der Waals surface area contributed by atoms with E-state index in [4.69, 9.17) is 28.9 Å². The molecule has 0 radical (unpaired) electrons. The number of thioether (sulfide) groups is 1. The first-order valence-electron chi connectivity index (χ1n) is 8.98. The van der Waals surface area contributed by atoms with Crippen molar-refractivity contribution >= 4 is 46.6 Å². The minimum absolute atomic E-state index is 0.0285. The molecular formula is C22H20Cl2N2O2S. The van der Waals surface area contributed by atoms with Crippen molar-refractivity contribution in [1.82, 2.24) is 4.98 Å². The molecule has 1 aromatic heterocycles. The molecule has 0 saturated carbocycles. The highest BCUT2D eigenvalue weighted by atomic mass is 35.5. The number of nitrogens with two attached hydrogens (primary N) is 1. The molecule has 150 valence electrons. The van der Waals surface area contributed by atoms with E-state index in [0.29, 0.717) is 50.5 Å². The summed E-state index contributed by atoms with van der Waals surface area (Å²) in [5.74, 6) is 0.839. The van der Waals surface area contributed by atoms with Crippen LogP contribution in [-0.4, -0.2) is 15.9 Å². The number of aromatic nitrogens is 1. The molecule has 7 heteroatoms. The maximum Gasteiger partial charge on any atom is 0.164 e. The molecule has 3 aromatic rings. The third-order valence-corrected chi connectivity index (χ3v) is 6.40. The van der Waals surface area contributed by atoms with Crippen LogP contribution in [0.3, 0.4) is 0 Å². The number of rotatable bonds is 7. The summed E-state index contributed by atoms with van der Waals surface area (Å²) in [6.07, 6.45) is 2.38. The SMILES string of the molecule is Cc1cccc(Cl)c1CCC(=O)c1cnc(N)c(SCc2c(O)cccc2Cl)c1. The number of Topliss-reactive ketones (excluding diaryl/α,β-unsaturated/α-hetero) is 1. The minimum Gasteiger partial charge on any atom is -0.508 e. The summed E-state index contributed by atoms with van der Waals surface area (Å²) < 4.78 is 0. The van der Waals surface area contributed by atoms with Crippen LogP contribution in [0.5, 0.6) is 5.75 Å². The van der Waals surface area contributed by atoms with Crippen LogP contribution in [0, 0.1) is 6.92 Å². The van der Waals surface area contributed by atoms with E-state index in [1.54, 1.807) is 24.3 Å². The fourth-order valence-electron chi connectivity index (χ4n) is 2.93. The van der Waals surface area contributed by atoms with Crippen LogP contribution in [0.4, 0.5) is 5.82 Å². The van der Waals surface area contributed by atoms with Crippen molar-refractivity contribution in [1.29, 1.82) is 0 Å². The van der Waals surface area contributed by atoms with Crippen LogP contribution in [0.15, 0.2) is 53.6 Å². The van der Waals surface area contributed by atoms with Crippen LogP contribution in [0.1, 0.15) is 33.5 Å². The Labute approximate surface area is 184 Å². The van der Waals surface area contributed by atoms with Crippen molar-refractivity contribution in [2.75, 3.05) is 5.73 Å². The Bertz CT molecular complexity index is 1020. The lowest BCUT2D eigenvalue weighted by Gasteiger charge is -2.10. The van der Waals surface area contributed by atoms with Gasteiger partial charge in [0.05, 0.1) is 4.90 Å². The van der Waals surface area contributed by atoms with Gasteiger partial charge in [-0.1, -0.05) is 41.4 Å². The zero-order valence-electron chi connectivity index (χ0n) is 15.8. The fourth-order valence-corrected chi connectivity index (χ4v) is 4.58. The summed E-state index contributed by atoms with van der Waals surface area (Å²) in [6, 6.07) is 12.4. The Morgan fingerprint density at radius 3 is 2.52 bits per heavy atom. The highest BCUT2D eigenvalue weighted by Gasteiger charge is 2.14. The van der Waals surface area contributed by atoms with E-state index in [1.807, 2.05) is 25.1 Å². The van der Waals surface area contributed by atoms with E-state index in [9.17, 15) is 9.90 Å². The van der Waals surface area contributed by atoms with E-state index < -0.39 is 0 Å². The Balaban J connectivity index is 1.72. The minimum atomic E-state index is -0.0285. The number of nitrogens with zero attached hydrogens (tertiary/aromatic N) is 1. The van der Waals surface area contributed by atoms with Gasteiger partial charge in [0.15, 0.2) is 5.78 Å². The number of hydrogen-bond donors (Lipinski definition) is 2. The lowest BCUT2D eigenvalue weighted by Crippen LogP contribution is -2.05. The van der Waals surface area contributed by atoms with Gasteiger partial charge < -0.3 is 10.8 Å². The molecule has 0 unspecified atom stereocenters. The number of hydrogen-bond acceptors (Lipinski definition) is 5. The third-order valence-electron chi connectivity index (χ3n) is 4.63. The van der Waals surface area contributed by atoms with E-state index in [2.05, 4.69) is 4.98 Å². The zero-order chi connectivity index (χ0) is 21.0. The fraction of sp³-hybridized carbons (Fsp3) is 0.182. The topological polar surface area (TPSA) is 76.2 Å². The molecule has 0 aliphatic heterocycles. The van der Waals surface area contributed by atoms with Gasteiger partial charge in [0.1, 0.15) is 11.6 Å². The van der Waals surface area contributed by atoms with E-state index in [1.165, 1.54) is 18.0 Å². The molecule has 0 spiro atoms.